The first-order valence-electron chi connectivity index (χ1n) is 10.3. The third-order valence-corrected chi connectivity index (χ3v) is 4.64. The number of hydrogen-bond acceptors (Lipinski definition) is 10. The SMILES string of the molecule is COc1ccc(CO[C@H]2O[C@H](COC(C)=O)[C@@H](OC(C)=O)[C@@H](OC(C)=O)[C@@H]2NC(C)=O)cc1. The molecular formula is C22H29NO10. The highest BCUT2D eigenvalue weighted by molar-refractivity contribution is 5.73. The van der Waals surface area contributed by atoms with Crippen molar-refractivity contribution >= 4 is 23.8 Å². The maximum Gasteiger partial charge on any atom is 0.303 e. The monoisotopic (exact) mass is 467 g/mol. The Morgan fingerprint density at radius 2 is 1.52 bits per heavy atom. The van der Waals surface area contributed by atoms with E-state index in [1.807, 2.05) is 0 Å². The molecule has 0 spiro atoms. The Hall–Kier alpha value is -3.18. The molecule has 11 nitrogen and oxygen atoms in total. The first-order valence-corrected chi connectivity index (χ1v) is 10.3. The Morgan fingerprint density at radius 1 is 0.909 bits per heavy atom. The number of nitrogens with one attached hydrogen (secondary N) is 1. The third kappa shape index (κ3) is 8.03. The fourth-order valence-corrected chi connectivity index (χ4v) is 3.33. The van der Waals surface area contributed by atoms with Gasteiger partial charge in [0.1, 0.15) is 24.5 Å². The van der Waals surface area contributed by atoms with Crippen molar-refractivity contribution in [1.82, 2.24) is 5.32 Å². The van der Waals surface area contributed by atoms with E-state index in [-0.39, 0.29) is 13.2 Å². The predicted octanol–water partition coefficient (Wildman–Crippen LogP) is 0.868. The van der Waals surface area contributed by atoms with Crippen LogP contribution in [0.3, 0.4) is 0 Å². The van der Waals surface area contributed by atoms with Gasteiger partial charge < -0.3 is 33.7 Å². The van der Waals surface area contributed by atoms with Crippen LogP contribution in [0, 0.1) is 0 Å². The number of esters is 3. The van der Waals surface area contributed by atoms with Crippen LogP contribution in [0.2, 0.25) is 0 Å². The van der Waals surface area contributed by atoms with Crippen LogP contribution in [0.25, 0.3) is 0 Å². The maximum atomic E-state index is 11.9. The fourth-order valence-electron chi connectivity index (χ4n) is 3.33. The van der Waals surface area contributed by atoms with E-state index >= 15 is 0 Å². The molecule has 33 heavy (non-hydrogen) atoms. The van der Waals surface area contributed by atoms with E-state index in [0.717, 1.165) is 5.56 Å². The lowest BCUT2D eigenvalue weighted by Crippen LogP contribution is -2.66. The summed E-state index contributed by atoms with van der Waals surface area (Å²) in [5, 5.41) is 2.65. The summed E-state index contributed by atoms with van der Waals surface area (Å²) in [4.78, 5) is 46.9. The zero-order valence-electron chi connectivity index (χ0n) is 19.2. The summed E-state index contributed by atoms with van der Waals surface area (Å²) in [6.45, 7) is 4.63. The van der Waals surface area contributed by atoms with E-state index in [4.69, 9.17) is 28.4 Å². The highest BCUT2D eigenvalue weighted by Crippen LogP contribution is 2.28. The van der Waals surface area contributed by atoms with Crippen LogP contribution >= 0.6 is 0 Å². The van der Waals surface area contributed by atoms with Gasteiger partial charge in [-0.05, 0) is 17.7 Å². The summed E-state index contributed by atoms with van der Waals surface area (Å²) in [6.07, 6.45) is -4.46. The minimum Gasteiger partial charge on any atom is -0.497 e. The van der Waals surface area contributed by atoms with Crippen LogP contribution in [-0.4, -0.2) is 68.2 Å². The molecule has 1 aromatic carbocycles. The van der Waals surface area contributed by atoms with Gasteiger partial charge in [-0.2, -0.15) is 0 Å². The number of carbonyl (C=O) groups excluding carboxylic acids is 4. The van der Waals surface area contributed by atoms with Gasteiger partial charge in [-0.3, -0.25) is 19.2 Å². The van der Waals surface area contributed by atoms with Gasteiger partial charge in [-0.15, -0.1) is 0 Å². The minimum absolute atomic E-state index is 0.0794. The lowest BCUT2D eigenvalue weighted by Gasteiger charge is -2.44. The summed E-state index contributed by atoms with van der Waals surface area (Å²) in [5.41, 5.74) is 0.781. The molecule has 2 rings (SSSR count). The van der Waals surface area contributed by atoms with Crippen LogP contribution < -0.4 is 10.1 Å². The van der Waals surface area contributed by atoms with Gasteiger partial charge in [-0.25, -0.2) is 0 Å². The maximum absolute atomic E-state index is 11.9. The first-order chi connectivity index (χ1) is 15.6. The molecule has 182 valence electrons. The van der Waals surface area contributed by atoms with E-state index in [1.54, 1.807) is 31.4 Å². The molecule has 0 radical (unpaired) electrons. The van der Waals surface area contributed by atoms with E-state index in [1.165, 1.54) is 27.7 Å². The van der Waals surface area contributed by atoms with Gasteiger partial charge in [0, 0.05) is 27.7 Å². The van der Waals surface area contributed by atoms with Crippen molar-refractivity contribution < 1.29 is 47.6 Å². The summed E-state index contributed by atoms with van der Waals surface area (Å²) in [5.74, 6) is -1.70. The van der Waals surface area contributed by atoms with Gasteiger partial charge in [0.2, 0.25) is 5.91 Å². The summed E-state index contributed by atoms with van der Waals surface area (Å²) in [6, 6.07) is 6.08. The quantitative estimate of drug-likeness (QED) is 0.411. The number of amides is 1. The molecule has 1 aromatic rings. The number of methoxy groups -OCH3 is 1. The molecular weight excluding hydrogens is 438 g/mol. The largest absolute Gasteiger partial charge is 0.497 e. The summed E-state index contributed by atoms with van der Waals surface area (Å²) < 4.78 is 32.8. The van der Waals surface area contributed by atoms with Crippen molar-refractivity contribution in [3.63, 3.8) is 0 Å². The summed E-state index contributed by atoms with van der Waals surface area (Å²) >= 11 is 0. The molecule has 0 unspecified atom stereocenters. The Balaban J connectivity index is 2.33. The lowest BCUT2D eigenvalue weighted by atomic mass is 9.96. The second-order valence-electron chi connectivity index (χ2n) is 7.38. The third-order valence-electron chi connectivity index (χ3n) is 4.64. The minimum atomic E-state index is -1.16. The highest BCUT2D eigenvalue weighted by atomic mass is 16.7. The predicted molar refractivity (Wildman–Crippen MR) is 112 cm³/mol. The molecule has 5 atom stereocenters. The fraction of sp³-hybridized carbons (Fsp3) is 0.545. The molecule has 1 aliphatic heterocycles. The number of ether oxygens (including phenoxy) is 6. The van der Waals surface area contributed by atoms with E-state index < -0.39 is 54.5 Å². The van der Waals surface area contributed by atoms with Crippen molar-refractivity contribution in [3.8, 4) is 5.75 Å². The van der Waals surface area contributed by atoms with Crippen LogP contribution in [0.5, 0.6) is 5.75 Å². The van der Waals surface area contributed by atoms with Crippen molar-refractivity contribution in [2.75, 3.05) is 13.7 Å². The van der Waals surface area contributed by atoms with Gasteiger partial charge in [0.15, 0.2) is 18.5 Å². The van der Waals surface area contributed by atoms with Crippen molar-refractivity contribution in [1.29, 1.82) is 0 Å². The molecule has 1 heterocycles. The van der Waals surface area contributed by atoms with Crippen LogP contribution in [0.4, 0.5) is 0 Å². The molecule has 0 saturated carbocycles. The Kier molecular flexibility index (Phi) is 9.61. The van der Waals surface area contributed by atoms with Crippen LogP contribution in [-0.2, 0) is 49.5 Å². The lowest BCUT2D eigenvalue weighted by molar-refractivity contribution is -0.280. The van der Waals surface area contributed by atoms with Gasteiger partial charge in [-0.1, -0.05) is 12.1 Å². The Labute approximate surface area is 191 Å². The zero-order chi connectivity index (χ0) is 24.5. The first kappa shape index (κ1) is 26.1. The second kappa shape index (κ2) is 12.2. The van der Waals surface area contributed by atoms with Crippen molar-refractivity contribution in [2.24, 2.45) is 0 Å². The second-order valence-corrected chi connectivity index (χ2v) is 7.38. The number of hydrogen-bond donors (Lipinski definition) is 1. The standard InChI is InChI=1S/C22H29NO10/c1-12(24)23-19-21(32-15(4)27)20(31-14(3)26)18(11-29-13(2)25)33-22(19)30-10-16-6-8-17(28-5)9-7-16/h6-9,18-22H,10-11H2,1-5H3,(H,23,24)/t18-,19+,20-,21+,22+/m1/s1. The van der Waals surface area contributed by atoms with Gasteiger partial charge in [0.25, 0.3) is 0 Å². The van der Waals surface area contributed by atoms with E-state index in [0.29, 0.717) is 5.75 Å². The number of benzene rings is 1. The van der Waals surface area contributed by atoms with Crippen molar-refractivity contribution in [3.05, 3.63) is 29.8 Å². The molecule has 1 amide bonds. The van der Waals surface area contributed by atoms with Crippen molar-refractivity contribution in [2.45, 2.75) is 64.9 Å². The summed E-state index contributed by atoms with van der Waals surface area (Å²) in [7, 11) is 1.55. The van der Waals surface area contributed by atoms with E-state index in [9.17, 15) is 19.2 Å². The molecule has 11 heteroatoms. The molecule has 1 N–H and O–H groups in total. The molecule has 0 bridgehead atoms. The van der Waals surface area contributed by atoms with Crippen LogP contribution in [0.15, 0.2) is 24.3 Å². The molecule has 1 saturated heterocycles. The normalized spacial score (nSPS) is 24.3. The zero-order valence-corrected chi connectivity index (χ0v) is 19.2. The topological polar surface area (TPSA) is 136 Å². The number of rotatable bonds is 9. The highest BCUT2D eigenvalue weighted by Gasteiger charge is 2.51. The molecule has 0 aromatic heterocycles. The Morgan fingerprint density at radius 3 is 2.03 bits per heavy atom. The molecule has 1 aliphatic rings. The average molecular weight is 467 g/mol. The smallest absolute Gasteiger partial charge is 0.303 e. The molecule has 0 aliphatic carbocycles. The van der Waals surface area contributed by atoms with Crippen LogP contribution in [0.1, 0.15) is 33.3 Å². The average Bonchev–Trinajstić information content (AvgIpc) is 2.73. The number of carbonyl (C=O) groups is 4. The van der Waals surface area contributed by atoms with Gasteiger partial charge in [0.05, 0.1) is 13.7 Å². The Bertz CT molecular complexity index is 840. The van der Waals surface area contributed by atoms with Gasteiger partial charge >= 0.3 is 17.9 Å². The van der Waals surface area contributed by atoms with E-state index in [2.05, 4.69) is 5.32 Å². The molecule has 1 fully saturated rings.